The van der Waals surface area contributed by atoms with Crippen molar-refractivity contribution in [3.8, 4) is 0 Å². The van der Waals surface area contributed by atoms with E-state index in [-0.39, 0.29) is 17.6 Å². The molecule has 0 aliphatic carbocycles. The Morgan fingerprint density at radius 3 is 2.48 bits per heavy atom. The number of benzene rings is 2. The maximum absolute atomic E-state index is 12.9. The fraction of sp³-hybridized carbons (Fsp3) is 0.333. The molecule has 6 heteroatoms. The lowest BCUT2D eigenvalue weighted by molar-refractivity contribution is -0.893. The van der Waals surface area contributed by atoms with Crippen LogP contribution in [0.3, 0.4) is 0 Å². The molecule has 2 aromatic rings. The van der Waals surface area contributed by atoms with Crippen molar-refractivity contribution in [1.29, 1.82) is 0 Å². The van der Waals surface area contributed by atoms with E-state index in [0.29, 0.717) is 19.4 Å². The van der Waals surface area contributed by atoms with Crippen LogP contribution in [-0.4, -0.2) is 32.0 Å². The number of carbonyl (C=O) groups is 2. The van der Waals surface area contributed by atoms with Gasteiger partial charge in [-0.2, -0.15) is 0 Å². The number of carbonyl (C=O) groups excluding carboxylic acids is 2. The van der Waals surface area contributed by atoms with Crippen LogP contribution in [-0.2, 0) is 16.1 Å². The monoisotopic (exact) mass is 370 g/mol. The number of amides is 2. The van der Waals surface area contributed by atoms with Crippen molar-refractivity contribution >= 4 is 23.2 Å². The van der Waals surface area contributed by atoms with Gasteiger partial charge >= 0.3 is 0 Å². The van der Waals surface area contributed by atoms with Gasteiger partial charge in [-0.3, -0.25) is 9.59 Å². The third-order valence-electron chi connectivity index (χ3n) is 4.73. The number of nitrogens with one attached hydrogen (secondary N) is 2. The molecular weight excluding hydrogens is 345 g/mol. The molecule has 0 bridgehead atoms. The first-order chi connectivity index (χ1) is 13.0. The van der Waals surface area contributed by atoms with E-state index in [1.807, 2.05) is 31.3 Å². The summed E-state index contributed by atoms with van der Waals surface area (Å²) in [5.74, 6) is -0.131. The first-order valence-corrected chi connectivity index (χ1v) is 9.27. The second-order valence-corrected chi connectivity index (χ2v) is 7.00. The van der Waals surface area contributed by atoms with Crippen molar-refractivity contribution in [1.82, 2.24) is 0 Å². The largest absolute Gasteiger partial charge is 0.333 e. The smallest absolute Gasteiger partial charge is 0.230 e. The van der Waals surface area contributed by atoms with E-state index < -0.39 is 0 Å². The van der Waals surface area contributed by atoms with Gasteiger partial charge in [0.1, 0.15) is 12.4 Å². The number of hydrogen-bond acceptors (Lipinski definition) is 2. The Labute approximate surface area is 158 Å². The topological polar surface area (TPSA) is 53.9 Å². The molecule has 5 nitrogen and oxygen atoms in total. The third-order valence-corrected chi connectivity index (χ3v) is 4.73. The van der Waals surface area contributed by atoms with E-state index in [0.717, 1.165) is 36.4 Å². The van der Waals surface area contributed by atoms with Crippen LogP contribution in [0.4, 0.5) is 15.8 Å². The molecule has 1 heterocycles. The van der Waals surface area contributed by atoms with Crippen LogP contribution in [0, 0.1) is 5.82 Å². The van der Waals surface area contributed by atoms with Gasteiger partial charge in [-0.15, -0.1) is 0 Å². The maximum atomic E-state index is 12.9. The van der Waals surface area contributed by atoms with Gasteiger partial charge in [0.25, 0.3) is 0 Å². The standard InChI is InChI=1S/C21H24FN3O2/c1-24(15-16-4-6-17(22)7-5-16)14-12-20(26)23-18-8-10-19(11-9-18)25-13-2-3-21(25)27/h4-11H,2-3,12-15H2,1H3,(H,23,26)/p+1. The molecule has 2 aromatic carbocycles. The SMILES string of the molecule is C[NH+](CCC(=O)Nc1ccc(N2CCCC2=O)cc1)Cc1ccc(F)cc1. The van der Waals surface area contributed by atoms with E-state index in [1.165, 1.54) is 17.0 Å². The highest BCUT2D eigenvalue weighted by atomic mass is 19.1. The molecule has 0 aromatic heterocycles. The van der Waals surface area contributed by atoms with Crippen LogP contribution < -0.4 is 15.1 Å². The number of hydrogen-bond donors (Lipinski definition) is 2. The van der Waals surface area contributed by atoms with E-state index >= 15 is 0 Å². The van der Waals surface area contributed by atoms with Crippen LogP contribution in [0.2, 0.25) is 0 Å². The average molecular weight is 370 g/mol. The molecule has 0 radical (unpaired) electrons. The molecule has 1 unspecified atom stereocenters. The van der Waals surface area contributed by atoms with Gasteiger partial charge in [0.2, 0.25) is 11.8 Å². The first kappa shape index (κ1) is 19.0. The molecule has 3 rings (SSSR count). The number of nitrogens with zero attached hydrogens (tertiary/aromatic N) is 1. The normalized spacial score (nSPS) is 15.0. The summed E-state index contributed by atoms with van der Waals surface area (Å²) in [6.07, 6.45) is 1.90. The number of rotatable bonds is 7. The van der Waals surface area contributed by atoms with Crippen LogP contribution >= 0.6 is 0 Å². The summed E-state index contributed by atoms with van der Waals surface area (Å²) in [6, 6.07) is 13.8. The Morgan fingerprint density at radius 1 is 1.15 bits per heavy atom. The van der Waals surface area contributed by atoms with E-state index in [2.05, 4.69) is 5.32 Å². The predicted octanol–water partition coefficient (Wildman–Crippen LogP) is 2.00. The van der Waals surface area contributed by atoms with Crippen LogP contribution in [0.15, 0.2) is 48.5 Å². The highest BCUT2D eigenvalue weighted by molar-refractivity contribution is 5.96. The van der Waals surface area contributed by atoms with Gasteiger partial charge < -0.3 is 15.1 Å². The summed E-state index contributed by atoms with van der Waals surface area (Å²) in [5, 5.41) is 2.89. The van der Waals surface area contributed by atoms with Gasteiger partial charge in [0.15, 0.2) is 0 Å². The highest BCUT2D eigenvalue weighted by Gasteiger charge is 2.21. The molecule has 2 N–H and O–H groups in total. The number of halogens is 1. The third kappa shape index (κ3) is 5.37. The Kier molecular flexibility index (Phi) is 6.19. The molecule has 1 atom stereocenters. The Balaban J connectivity index is 1.44. The summed E-state index contributed by atoms with van der Waals surface area (Å²) in [6.45, 7) is 2.18. The van der Waals surface area contributed by atoms with Gasteiger partial charge in [-0.05, 0) is 42.8 Å². The van der Waals surface area contributed by atoms with E-state index in [1.54, 1.807) is 17.0 Å². The first-order valence-electron chi connectivity index (χ1n) is 9.27. The number of anilines is 2. The zero-order valence-electron chi connectivity index (χ0n) is 15.5. The van der Waals surface area contributed by atoms with Gasteiger partial charge in [0, 0.05) is 29.9 Å². The molecule has 2 amide bonds. The van der Waals surface area contributed by atoms with Crippen molar-refractivity contribution < 1.29 is 18.9 Å². The van der Waals surface area contributed by atoms with Crippen molar-refractivity contribution in [2.24, 2.45) is 0 Å². The van der Waals surface area contributed by atoms with Crippen LogP contribution in [0.25, 0.3) is 0 Å². The Morgan fingerprint density at radius 2 is 1.85 bits per heavy atom. The maximum Gasteiger partial charge on any atom is 0.230 e. The summed E-state index contributed by atoms with van der Waals surface area (Å²) < 4.78 is 12.9. The van der Waals surface area contributed by atoms with E-state index in [9.17, 15) is 14.0 Å². The van der Waals surface area contributed by atoms with Crippen LogP contribution in [0.1, 0.15) is 24.8 Å². The fourth-order valence-corrected chi connectivity index (χ4v) is 3.24. The molecule has 142 valence electrons. The van der Waals surface area contributed by atoms with Crippen molar-refractivity contribution in [3.05, 3.63) is 59.9 Å². The molecule has 27 heavy (non-hydrogen) atoms. The molecule has 1 aliphatic rings. The fourth-order valence-electron chi connectivity index (χ4n) is 3.24. The minimum atomic E-state index is -0.240. The molecular formula is C21H25FN3O2+. The predicted molar refractivity (Wildman–Crippen MR) is 103 cm³/mol. The molecule has 1 saturated heterocycles. The summed E-state index contributed by atoms with van der Waals surface area (Å²) in [4.78, 5) is 26.9. The van der Waals surface area contributed by atoms with Gasteiger partial charge in [-0.25, -0.2) is 4.39 Å². The van der Waals surface area contributed by atoms with E-state index in [4.69, 9.17) is 0 Å². The zero-order valence-corrected chi connectivity index (χ0v) is 15.5. The van der Waals surface area contributed by atoms with Gasteiger partial charge in [0.05, 0.1) is 20.0 Å². The summed E-state index contributed by atoms with van der Waals surface area (Å²) >= 11 is 0. The molecule has 0 saturated carbocycles. The van der Waals surface area contributed by atoms with Crippen molar-refractivity contribution in [3.63, 3.8) is 0 Å². The summed E-state index contributed by atoms with van der Waals surface area (Å²) in [5.41, 5.74) is 2.65. The van der Waals surface area contributed by atoms with Crippen molar-refractivity contribution in [2.75, 3.05) is 30.4 Å². The minimum absolute atomic E-state index is 0.0431. The lowest BCUT2D eigenvalue weighted by Crippen LogP contribution is -3.07. The van der Waals surface area contributed by atoms with Crippen molar-refractivity contribution in [2.45, 2.75) is 25.8 Å². The molecule has 1 aliphatic heterocycles. The zero-order chi connectivity index (χ0) is 19.2. The summed E-state index contributed by atoms with van der Waals surface area (Å²) in [7, 11) is 2.01. The lowest BCUT2D eigenvalue weighted by atomic mass is 10.2. The Hall–Kier alpha value is -2.73. The van der Waals surface area contributed by atoms with Crippen LogP contribution in [0.5, 0.6) is 0 Å². The second-order valence-electron chi connectivity index (χ2n) is 7.00. The Bertz CT molecular complexity index is 790. The number of quaternary nitrogens is 1. The van der Waals surface area contributed by atoms with Gasteiger partial charge in [-0.1, -0.05) is 12.1 Å². The quantitative estimate of drug-likeness (QED) is 0.783. The molecule has 0 spiro atoms. The average Bonchev–Trinajstić information content (AvgIpc) is 3.09. The lowest BCUT2D eigenvalue weighted by Gasteiger charge is -2.16. The highest BCUT2D eigenvalue weighted by Crippen LogP contribution is 2.23. The second kappa shape index (κ2) is 8.77. The molecule has 1 fully saturated rings. The minimum Gasteiger partial charge on any atom is -0.333 e.